The minimum absolute atomic E-state index is 0.988. The predicted octanol–water partition coefficient (Wildman–Crippen LogP) is 7.39. The molecule has 0 atom stereocenters. The Hall–Kier alpha value is -3.91. The van der Waals surface area contributed by atoms with Crippen LogP contribution in [0.25, 0.3) is 43.6 Å². The zero-order chi connectivity index (χ0) is 19.2. The molecule has 0 radical (unpaired) electrons. The van der Waals surface area contributed by atoms with Crippen molar-refractivity contribution in [3.8, 4) is 11.3 Å². The van der Waals surface area contributed by atoms with Crippen LogP contribution in [0.15, 0.2) is 103 Å². The van der Waals surface area contributed by atoms with Crippen molar-refractivity contribution in [1.29, 1.82) is 0 Å². The summed E-state index contributed by atoms with van der Waals surface area (Å²) < 4.78 is 0. The molecule has 0 unspecified atom stereocenters. The van der Waals surface area contributed by atoms with Crippen LogP contribution in [0.5, 0.6) is 0 Å². The van der Waals surface area contributed by atoms with Gasteiger partial charge in [0, 0.05) is 23.1 Å². The van der Waals surface area contributed by atoms with E-state index >= 15 is 0 Å². The molecule has 2 nitrogen and oxygen atoms in total. The maximum absolute atomic E-state index is 4.42. The van der Waals surface area contributed by atoms with E-state index in [0.717, 1.165) is 22.6 Å². The summed E-state index contributed by atoms with van der Waals surface area (Å²) in [4.78, 5) is 4.42. The number of benzene rings is 5. The highest BCUT2D eigenvalue weighted by Gasteiger charge is 2.09. The zero-order valence-electron chi connectivity index (χ0n) is 15.8. The quantitative estimate of drug-likeness (QED) is 0.328. The molecular formula is C27H18N2. The number of anilines is 2. The van der Waals surface area contributed by atoms with E-state index in [9.17, 15) is 0 Å². The highest BCUT2D eigenvalue weighted by Crippen LogP contribution is 2.36. The van der Waals surface area contributed by atoms with Crippen LogP contribution in [0.2, 0.25) is 0 Å². The Morgan fingerprint density at radius 3 is 1.83 bits per heavy atom. The van der Waals surface area contributed by atoms with E-state index in [1.165, 1.54) is 32.3 Å². The van der Waals surface area contributed by atoms with Crippen LogP contribution >= 0.6 is 0 Å². The molecular weight excluding hydrogens is 352 g/mol. The van der Waals surface area contributed by atoms with Crippen LogP contribution in [-0.2, 0) is 0 Å². The first-order valence-corrected chi connectivity index (χ1v) is 9.81. The molecule has 1 N–H and O–H groups in total. The molecule has 6 aromatic rings. The second-order valence-electron chi connectivity index (χ2n) is 7.43. The Morgan fingerprint density at radius 2 is 1.17 bits per heavy atom. The molecule has 0 spiro atoms. The second-order valence-corrected chi connectivity index (χ2v) is 7.43. The molecule has 0 aliphatic carbocycles. The average molecular weight is 370 g/mol. The molecule has 0 aliphatic heterocycles. The standard InChI is InChI=1S/C27H18N2/c1-2-15-28-25(6-1)18-11-13-23(14-12-18)29-24-16-21-9-7-19-4-3-5-20-8-10-22(17-24)27(21)26(19)20/h1-17,29H. The van der Waals surface area contributed by atoms with E-state index < -0.39 is 0 Å². The fourth-order valence-corrected chi connectivity index (χ4v) is 4.25. The number of rotatable bonds is 3. The van der Waals surface area contributed by atoms with E-state index in [1.54, 1.807) is 0 Å². The monoisotopic (exact) mass is 370 g/mol. The lowest BCUT2D eigenvalue weighted by molar-refractivity contribution is 1.33. The van der Waals surface area contributed by atoms with Crippen molar-refractivity contribution in [1.82, 2.24) is 4.98 Å². The molecule has 0 saturated carbocycles. The molecule has 0 fully saturated rings. The first kappa shape index (κ1) is 16.1. The first-order valence-electron chi connectivity index (χ1n) is 9.81. The largest absolute Gasteiger partial charge is 0.355 e. The second kappa shape index (κ2) is 6.32. The van der Waals surface area contributed by atoms with E-state index in [1.807, 2.05) is 24.4 Å². The van der Waals surface area contributed by atoms with Crippen LogP contribution in [-0.4, -0.2) is 4.98 Å². The molecule has 2 heteroatoms. The van der Waals surface area contributed by atoms with Gasteiger partial charge in [-0.3, -0.25) is 4.98 Å². The van der Waals surface area contributed by atoms with Crippen LogP contribution < -0.4 is 5.32 Å². The third kappa shape index (κ3) is 2.69. The fraction of sp³-hybridized carbons (Fsp3) is 0. The van der Waals surface area contributed by atoms with Crippen molar-refractivity contribution in [2.75, 3.05) is 5.32 Å². The minimum atomic E-state index is 0.988. The van der Waals surface area contributed by atoms with Crippen LogP contribution in [0.1, 0.15) is 0 Å². The topological polar surface area (TPSA) is 24.9 Å². The van der Waals surface area contributed by atoms with Crippen molar-refractivity contribution >= 4 is 43.7 Å². The molecule has 0 saturated heterocycles. The predicted molar refractivity (Wildman–Crippen MR) is 123 cm³/mol. The molecule has 136 valence electrons. The number of pyridine rings is 1. The summed E-state index contributed by atoms with van der Waals surface area (Å²) in [6, 6.07) is 34.3. The third-order valence-corrected chi connectivity index (χ3v) is 5.60. The zero-order valence-corrected chi connectivity index (χ0v) is 15.8. The SMILES string of the molecule is c1ccc(-c2ccc(Nc3cc4ccc5cccc6ccc(c3)c4c56)cc2)nc1. The number of hydrogen-bond donors (Lipinski definition) is 1. The van der Waals surface area contributed by atoms with Gasteiger partial charge in [-0.2, -0.15) is 0 Å². The van der Waals surface area contributed by atoms with Gasteiger partial charge in [-0.25, -0.2) is 0 Å². The normalized spacial score (nSPS) is 11.4. The smallest absolute Gasteiger partial charge is 0.0701 e. The van der Waals surface area contributed by atoms with Crippen LogP contribution in [0.3, 0.4) is 0 Å². The summed E-state index contributed by atoms with van der Waals surface area (Å²) >= 11 is 0. The Labute approximate surface area is 168 Å². The minimum Gasteiger partial charge on any atom is -0.355 e. The first-order chi connectivity index (χ1) is 14.3. The molecule has 1 heterocycles. The van der Waals surface area contributed by atoms with Gasteiger partial charge in [0.2, 0.25) is 0 Å². The van der Waals surface area contributed by atoms with E-state index in [2.05, 4.69) is 89.2 Å². The molecule has 5 aromatic carbocycles. The third-order valence-electron chi connectivity index (χ3n) is 5.60. The van der Waals surface area contributed by atoms with Crippen LogP contribution in [0, 0.1) is 0 Å². The lowest BCUT2D eigenvalue weighted by atomic mass is 9.94. The van der Waals surface area contributed by atoms with Crippen molar-refractivity contribution in [3.63, 3.8) is 0 Å². The number of aromatic nitrogens is 1. The van der Waals surface area contributed by atoms with Gasteiger partial charge in [-0.15, -0.1) is 0 Å². The summed E-state index contributed by atoms with van der Waals surface area (Å²) in [5.41, 5.74) is 4.27. The summed E-state index contributed by atoms with van der Waals surface area (Å²) in [5.74, 6) is 0. The number of nitrogens with one attached hydrogen (secondary N) is 1. The molecule has 29 heavy (non-hydrogen) atoms. The van der Waals surface area contributed by atoms with Gasteiger partial charge in [0.05, 0.1) is 5.69 Å². The van der Waals surface area contributed by atoms with E-state index in [-0.39, 0.29) is 0 Å². The van der Waals surface area contributed by atoms with Gasteiger partial charge >= 0.3 is 0 Å². The number of hydrogen-bond acceptors (Lipinski definition) is 2. The lowest BCUT2D eigenvalue weighted by Crippen LogP contribution is -1.92. The lowest BCUT2D eigenvalue weighted by Gasteiger charge is -2.14. The molecule has 0 amide bonds. The highest BCUT2D eigenvalue weighted by molar-refractivity contribution is 6.23. The molecule has 1 aromatic heterocycles. The van der Waals surface area contributed by atoms with Gasteiger partial charge in [-0.05, 0) is 68.7 Å². The van der Waals surface area contributed by atoms with Crippen molar-refractivity contribution in [3.05, 3.63) is 103 Å². The van der Waals surface area contributed by atoms with Gasteiger partial charge < -0.3 is 5.32 Å². The molecule has 6 rings (SSSR count). The van der Waals surface area contributed by atoms with Crippen molar-refractivity contribution < 1.29 is 0 Å². The summed E-state index contributed by atoms with van der Waals surface area (Å²) in [6.45, 7) is 0. The summed E-state index contributed by atoms with van der Waals surface area (Å²) in [7, 11) is 0. The van der Waals surface area contributed by atoms with Crippen molar-refractivity contribution in [2.45, 2.75) is 0 Å². The van der Waals surface area contributed by atoms with Crippen molar-refractivity contribution in [2.24, 2.45) is 0 Å². The van der Waals surface area contributed by atoms with Gasteiger partial charge in [0.15, 0.2) is 0 Å². The van der Waals surface area contributed by atoms with E-state index in [4.69, 9.17) is 0 Å². The summed E-state index contributed by atoms with van der Waals surface area (Å²) in [6.07, 6.45) is 1.82. The average Bonchev–Trinajstić information content (AvgIpc) is 2.78. The Balaban J connectivity index is 1.40. The maximum atomic E-state index is 4.42. The number of nitrogens with zero attached hydrogens (tertiary/aromatic N) is 1. The molecule has 0 aliphatic rings. The van der Waals surface area contributed by atoms with Gasteiger partial charge in [-0.1, -0.05) is 60.7 Å². The Morgan fingerprint density at radius 1 is 0.517 bits per heavy atom. The Kier molecular flexibility index (Phi) is 3.50. The fourth-order valence-electron chi connectivity index (χ4n) is 4.25. The maximum Gasteiger partial charge on any atom is 0.0701 e. The highest BCUT2D eigenvalue weighted by atomic mass is 14.9. The van der Waals surface area contributed by atoms with Crippen LogP contribution in [0.4, 0.5) is 11.4 Å². The van der Waals surface area contributed by atoms with E-state index in [0.29, 0.717) is 0 Å². The molecule has 0 bridgehead atoms. The Bertz CT molecular complexity index is 1390. The summed E-state index contributed by atoms with van der Waals surface area (Å²) in [5, 5.41) is 11.4. The van der Waals surface area contributed by atoms with Gasteiger partial charge in [0.25, 0.3) is 0 Å². The van der Waals surface area contributed by atoms with Gasteiger partial charge in [0.1, 0.15) is 0 Å².